The van der Waals surface area contributed by atoms with Crippen LogP contribution >= 0.6 is 0 Å². The topological polar surface area (TPSA) is 52.7 Å². The Morgan fingerprint density at radius 2 is 2.04 bits per heavy atom. The van der Waals surface area contributed by atoms with Crippen LogP contribution in [0.2, 0.25) is 0 Å². The van der Waals surface area contributed by atoms with E-state index < -0.39 is 0 Å². The monoisotopic (exact) mass is 315 g/mol. The first-order valence-corrected chi connectivity index (χ1v) is 8.41. The van der Waals surface area contributed by atoms with Crippen LogP contribution in [-0.4, -0.2) is 48.9 Å². The zero-order valence-electron chi connectivity index (χ0n) is 13.9. The Morgan fingerprint density at radius 1 is 1.35 bits per heavy atom. The molecule has 2 fully saturated rings. The van der Waals surface area contributed by atoms with E-state index in [1.807, 2.05) is 30.1 Å². The Balaban J connectivity index is 1.48. The summed E-state index contributed by atoms with van der Waals surface area (Å²) in [5.41, 5.74) is 1.13. The number of hydrogen-bond donors (Lipinski definition) is 1. The van der Waals surface area contributed by atoms with Crippen LogP contribution in [0.25, 0.3) is 0 Å². The lowest BCUT2D eigenvalue weighted by atomic mass is 10.1. The van der Waals surface area contributed by atoms with Gasteiger partial charge in [-0.15, -0.1) is 0 Å². The summed E-state index contributed by atoms with van der Waals surface area (Å²) in [6.07, 6.45) is 2.56. The first-order chi connectivity index (χ1) is 11.1. The fourth-order valence-corrected chi connectivity index (χ4v) is 3.09. The molecule has 1 aliphatic carbocycles. The fraction of sp³-hybridized carbons (Fsp3) is 0.556. The Bertz CT molecular complexity index is 571. The summed E-state index contributed by atoms with van der Waals surface area (Å²) in [7, 11) is 2.03. The standard InChI is InChI=1S/C18H25N3O2/c1-13(20(2)15-6-4-3-5-7-15)11-19-18(23)14-10-17(22)21(12-14)16-8-9-16/h3-7,13-14,16H,8-12H2,1-2H3,(H,19,23)/t13-,14-/m1/s1. The van der Waals surface area contributed by atoms with Crippen LogP contribution in [0.4, 0.5) is 5.69 Å². The molecule has 124 valence electrons. The minimum Gasteiger partial charge on any atom is -0.370 e. The summed E-state index contributed by atoms with van der Waals surface area (Å²) >= 11 is 0. The molecule has 0 aromatic heterocycles. The minimum absolute atomic E-state index is 0.00908. The van der Waals surface area contributed by atoms with Gasteiger partial charge in [-0.1, -0.05) is 18.2 Å². The van der Waals surface area contributed by atoms with E-state index in [4.69, 9.17) is 0 Å². The van der Waals surface area contributed by atoms with E-state index in [1.54, 1.807) is 0 Å². The molecule has 3 rings (SSSR count). The van der Waals surface area contributed by atoms with Crippen molar-refractivity contribution in [1.29, 1.82) is 0 Å². The van der Waals surface area contributed by atoms with Crippen molar-refractivity contribution in [1.82, 2.24) is 10.2 Å². The molecule has 1 saturated heterocycles. The van der Waals surface area contributed by atoms with Gasteiger partial charge in [-0.25, -0.2) is 0 Å². The molecule has 1 aromatic carbocycles. The molecular formula is C18H25N3O2. The van der Waals surface area contributed by atoms with Crippen LogP contribution in [0.5, 0.6) is 0 Å². The second kappa shape index (κ2) is 6.60. The molecule has 23 heavy (non-hydrogen) atoms. The minimum atomic E-state index is -0.183. The Hall–Kier alpha value is -2.04. The van der Waals surface area contributed by atoms with Crippen molar-refractivity contribution in [3.05, 3.63) is 30.3 Å². The second-order valence-corrected chi connectivity index (χ2v) is 6.72. The van der Waals surface area contributed by atoms with Crippen molar-refractivity contribution in [3.63, 3.8) is 0 Å². The van der Waals surface area contributed by atoms with Gasteiger partial charge in [0.25, 0.3) is 0 Å². The summed E-state index contributed by atoms with van der Waals surface area (Å²) in [6.45, 7) is 3.26. The largest absolute Gasteiger partial charge is 0.370 e. The van der Waals surface area contributed by atoms with Gasteiger partial charge >= 0.3 is 0 Å². The van der Waals surface area contributed by atoms with Crippen molar-refractivity contribution < 1.29 is 9.59 Å². The van der Waals surface area contributed by atoms with Crippen LogP contribution in [0.15, 0.2) is 30.3 Å². The maximum Gasteiger partial charge on any atom is 0.225 e. The molecule has 0 radical (unpaired) electrons. The van der Waals surface area contributed by atoms with Gasteiger partial charge in [0.1, 0.15) is 0 Å². The fourth-order valence-electron chi connectivity index (χ4n) is 3.09. The molecule has 5 heteroatoms. The highest BCUT2D eigenvalue weighted by Gasteiger charge is 2.41. The normalized spacial score (nSPS) is 22.1. The third kappa shape index (κ3) is 3.66. The molecule has 0 bridgehead atoms. The smallest absolute Gasteiger partial charge is 0.225 e. The number of para-hydroxylation sites is 1. The molecule has 2 aliphatic rings. The van der Waals surface area contributed by atoms with Crippen LogP contribution < -0.4 is 10.2 Å². The molecule has 1 aliphatic heterocycles. The average molecular weight is 315 g/mol. The van der Waals surface area contributed by atoms with Crippen molar-refractivity contribution in [2.24, 2.45) is 5.92 Å². The third-order valence-corrected chi connectivity index (χ3v) is 4.91. The highest BCUT2D eigenvalue weighted by atomic mass is 16.2. The molecule has 1 heterocycles. The van der Waals surface area contributed by atoms with Crippen molar-refractivity contribution in [2.75, 3.05) is 25.0 Å². The molecular weight excluding hydrogens is 290 g/mol. The molecule has 5 nitrogen and oxygen atoms in total. The molecule has 2 atom stereocenters. The van der Waals surface area contributed by atoms with E-state index in [1.165, 1.54) is 0 Å². The zero-order valence-corrected chi connectivity index (χ0v) is 13.9. The summed E-state index contributed by atoms with van der Waals surface area (Å²) in [5, 5.41) is 3.02. The molecule has 2 amide bonds. The van der Waals surface area contributed by atoms with E-state index in [-0.39, 0.29) is 23.8 Å². The molecule has 1 N–H and O–H groups in total. The highest BCUT2D eigenvalue weighted by molar-refractivity contribution is 5.89. The number of anilines is 1. The summed E-state index contributed by atoms with van der Waals surface area (Å²) in [4.78, 5) is 28.3. The van der Waals surface area contributed by atoms with Crippen molar-refractivity contribution >= 4 is 17.5 Å². The first-order valence-electron chi connectivity index (χ1n) is 8.41. The maximum atomic E-state index is 12.3. The van der Waals surface area contributed by atoms with E-state index in [9.17, 15) is 9.59 Å². The highest BCUT2D eigenvalue weighted by Crippen LogP contribution is 2.32. The predicted octanol–water partition coefficient (Wildman–Crippen LogP) is 1.64. The Labute approximate surface area is 137 Å². The molecule has 1 saturated carbocycles. The SMILES string of the molecule is C[C@H](CNC(=O)[C@@H]1CC(=O)N(C2CC2)C1)N(C)c1ccccc1. The van der Waals surface area contributed by atoms with Crippen LogP contribution in [-0.2, 0) is 9.59 Å². The lowest BCUT2D eigenvalue weighted by Crippen LogP contribution is -2.42. The maximum absolute atomic E-state index is 12.3. The third-order valence-electron chi connectivity index (χ3n) is 4.91. The molecule has 1 aromatic rings. The number of nitrogens with one attached hydrogen (secondary N) is 1. The van der Waals surface area contributed by atoms with Gasteiger partial charge in [-0.3, -0.25) is 9.59 Å². The number of likely N-dealkylation sites (tertiary alicyclic amines) is 1. The molecule has 0 spiro atoms. The lowest BCUT2D eigenvalue weighted by Gasteiger charge is -2.27. The Kier molecular flexibility index (Phi) is 4.55. The van der Waals surface area contributed by atoms with Gasteiger partial charge in [0.15, 0.2) is 0 Å². The van der Waals surface area contributed by atoms with E-state index in [0.717, 1.165) is 18.5 Å². The average Bonchev–Trinajstić information content (AvgIpc) is 3.34. The number of hydrogen-bond acceptors (Lipinski definition) is 3. The predicted molar refractivity (Wildman–Crippen MR) is 90.2 cm³/mol. The summed E-state index contributed by atoms with van der Waals surface area (Å²) in [6, 6.07) is 10.7. The Morgan fingerprint density at radius 3 is 2.70 bits per heavy atom. The van der Waals surface area contributed by atoms with Gasteiger partial charge in [0, 0.05) is 44.3 Å². The first kappa shape index (κ1) is 15.8. The van der Waals surface area contributed by atoms with Crippen LogP contribution in [0.1, 0.15) is 26.2 Å². The quantitative estimate of drug-likeness (QED) is 0.868. The van der Waals surface area contributed by atoms with E-state index >= 15 is 0 Å². The van der Waals surface area contributed by atoms with E-state index in [2.05, 4.69) is 29.3 Å². The van der Waals surface area contributed by atoms with Crippen molar-refractivity contribution in [2.45, 2.75) is 38.3 Å². The second-order valence-electron chi connectivity index (χ2n) is 6.72. The number of carbonyl (C=O) groups is 2. The zero-order chi connectivity index (χ0) is 16.4. The van der Waals surface area contributed by atoms with Crippen molar-refractivity contribution in [3.8, 4) is 0 Å². The van der Waals surface area contributed by atoms with Crippen LogP contribution in [0, 0.1) is 5.92 Å². The number of amides is 2. The lowest BCUT2D eigenvalue weighted by molar-refractivity contribution is -0.129. The van der Waals surface area contributed by atoms with Gasteiger partial charge in [0.2, 0.25) is 11.8 Å². The van der Waals surface area contributed by atoms with Gasteiger partial charge < -0.3 is 15.1 Å². The number of benzene rings is 1. The number of rotatable bonds is 6. The van der Waals surface area contributed by atoms with Gasteiger partial charge in [-0.2, -0.15) is 0 Å². The van der Waals surface area contributed by atoms with Gasteiger partial charge in [-0.05, 0) is 31.9 Å². The number of carbonyl (C=O) groups excluding carboxylic acids is 2. The van der Waals surface area contributed by atoms with E-state index in [0.29, 0.717) is 25.6 Å². The summed E-state index contributed by atoms with van der Waals surface area (Å²) in [5.74, 6) is -0.0331. The number of nitrogens with zero attached hydrogens (tertiary/aromatic N) is 2. The number of likely N-dealkylation sites (N-methyl/N-ethyl adjacent to an activating group) is 1. The summed E-state index contributed by atoms with van der Waals surface area (Å²) < 4.78 is 0. The van der Waals surface area contributed by atoms with Gasteiger partial charge in [0.05, 0.1) is 5.92 Å². The van der Waals surface area contributed by atoms with Crippen LogP contribution in [0.3, 0.4) is 0 Å². The molecule has 0 unspecified atom stereocenters.